The fourth-order valence-corrected chi connectivity index (χ4v) is 4.90. The van der Waals surface area contributed by atoms with Crippen LogP contribution in [0.25, 0.3) is 0 Å². The number of unbranched alkanes of at least 4 members (excludes halogenated alkanes) is 3. The molecule has 0 heterocycles. The van der Waals surface area contributed by atoms with Gasteiger partial charge in [0.1, 0.15) is 0 Å². The molecule has 10 nitrogen and oxygen atoms in total. The number of amides is 4. The molecule has 4 amide bonds. The molecule has 48 heavy (non-hydrogen) atoms. The van der Waals surface area contributed by atoms with Gasteiger partial charge in [-0.25, -0.2) is 19.4 Å². The second-order valence-corrected chi connectivity index (χ2v) is 10.6. The van der Waals surface area contributed by atoms with Crippen molar-refractivity contribution in [2.45, 2.75) is 37.5 Å². The summed E-state index contributed by atoms with van der Waals surface area (Å²) in [6.45, 7) is 0.0617. The molecular formula is C38H34N4O6. The number of rotatable bonds is 13. The Hall–Kier alpha value is -6.26. The van der Waals surface area contributed by atoms with Crippen LogP contribution >= 0.6 is 0 Å². The normalized spacial score (nSPS) is 11.5. The third kappa shape index (κ3) is 9.15. The standard InChI is InChI=1S/C38H34N4O6/c39-27-33(29-17-7-3-8-18-29)35(43)41(31-21-11-5-12-22-31)37(45)47-25-15-1-2-16-26-48-38(46)42(32-23-13-6-14-24-32)36(44)34(28-40)30-19-9-4-10-20-30/h3-14,17-24,33-34H,1-2,15-16,25-26H2. The van der Waals surface area contributed by atoms with Crippen molar-refractivity contribution in [1.29, 1.82) is 10.5 Å². The van der Waals surface area contributed by atoms with Crippen molar-refractivity contribution < 1.29 is 28.7 Å². The van der Waals surface area contributed by atoms with E-state index in [9.17, 15) is 29.7 Å². The molecule has 0 saturated carbocycles. The molecule has 0 fully saturated rings. The van der Waals surface area contributed by atoms with E-state index in [0.717, 1.165) is 9.80 Å². The van der Waals surface area contributed by atoms with E-state index >= 15 is 0 Å². The zero-order valence-electron chi connectivity index (χ0n) is 26.2. The van der Waals surface area contributed by atoms with Crippen LogP contribution in [0.5, 0.6) is 0 Å². The maximum atomic E-state index is 13.4. The monoisotopic (exact) mass is 642 g/mol. The van der Waals surface area contributed by atoms with E-state index in [1.807, 2.05) is 12.1 Å². The number of carbonyl (C=O) groups is 4. The molecule has 0 spiro atoms. The van der Waals surface area contributed by atoms with Crippen LogP contribution in [0.3, 0.4) is 0 Å². The molecule has 0 aliphatic rings. The van der Waals surface area contributed by atoms with Gasteiger partial charge in [0.2, 0.25) is 0 Å². The van der Waals surface area contributed by atoms with Crippen molar-refractivity contribution in [2.75, 3.05) is 23.0 Å². The lowest BCUT2D eigenvalue weighted by Gasteiger charge is -2.23. The van der Waals surface area contributed by atoms with Crippen LogP contribution in [0.15, 0.2) is 121 Å². The highest BCUT2D eigenvalue weighted by Gasteiger charge is 2.33. The Labute approximate surface area is 279 Å². The van der Waals surface area contributed by atoms with Gasteiger partial charge in [0.25, 0.3) is 11.8 Å². The Morgan fingerprint density at radius 1 is 0.500 bits per heavy atom. The van der Waals surface area contributed by atoms with Crippen LogP contribution in [0, 0.1) is 22.7 Å². The number of benzene rings is 4. The third-order valence-corrected chi connectivity index (χ3v) is 7.34. The molecule has 4 aromatic rings. The number of nitriles is 2. The summed E-state index contributed by atoms with van der Waals surface area (Å²) in [5, 5.41) is 19.5. The Kier molecular flexibility index (Phi) is 13.0. The van der Waals surface area contributed by atoms with Gasteiger partial charge >= 0.3 is 12.2 Å². The SMILES string of the molecule is N#CC(C(=O)N(C(=O)OCCCCCCOC(=O)N(C(=O)C(C#N)c1ccccc1)c1ccccc1)c1ccccc1)c1ccccc1. The Morgan fingerprint density at radius 2 is 0.812 bits per heavy atom. The van der Waals surface area contributed by atoms with Crippen molar-refractivity contribution >= 4 is 35.4 Å². The molecule has 242 valence electrons. The first-order chi connectivity index (χ1) is 23.5. The second kappa shape index (κ2) is 18.0. The molecule has 0 aromatic heterocycles. The lowest BCUT2D eigenvalue weighted by Crippen LogP contribution is -2.40. The van der Waals surface area contributed by atoms with Crippen LogP contribution in [0.1, 0.15) is 48.6 Å². The van der Waals surface area contributed by atoms with Crippen molar-refractivity contribution in [1.82, 2.24) is 0 Å². The molecule has 2 atom stereocenters. The Morgan fingerprint density at radius 3 is 1.12 bits per heavy atom. The van der Waals surface area contributed by atoms with Crippen LogP contribution in [0.4, 0.5) is 21.0 Å². The maximum Gasteiger partial charge on any atom is 0.421 e. The second-order valence-electron chi connectivity index (χ2n) is 10.6. The third-order valence-electron chi connectivity index (χ3n) is 7.34. The van der Waals surface area contributed by atoms with E-state index < -0.39 is 35.8 Å². The van der Waals surface area contributed by atoms with E-state index in [2.05, 4.69) is 0 Å². The predicted octanol–water partition coefficient (Wildman–Crippen LogP) is 7.50. The van der Waals surface area contributed by atoms with Gasteiger partial charge in [0, 0.05) is 0 Å². The average Bonchev–Trinajstić information content (AvgIpc) is 3.12. The zero-order chi connectivity index (χ0) is 34.1. The van der Waals surface area contributed by atoms with Gasteiger partial charge in [-0.3, -0.25) is 9.59 Å². The van der Waals surface area contributed by atoms with E-state index in [1.54, 1.807) is 121 Å². The minimum Gasteiger partial charge on any atom is -0.449 e. The summed E-state index contributed by atoms with van der Waals surface area (Å²) in [4.78, 5) is 54.8. The summed E-state index contributed by atoms with van der Waals surface area (Å²) < 4.78 is 10.9. The van der Waals surface area contributed by atoms with Crippen LogP contribution in [0.2, 0.25) is 0 Å². The highest BCUT2D eigenvalue weighted by molar-refractivity contribution is 6.16. The van der Waals surface area contributed by atoms with Crippen molar-refractivity contribution in [3.05, 3.63) is 132 Å². The van der Waals surface area contributed by atoms with Gasteiger partial charge in [-0.15, -0.1) is 0 Å². The Bertz CT molecular complexity index is 1610. The summed E-state index contributed by atoms with van der Waals surface area (Å²) in [7, 11) is 0. The highest BCUT2D eigenvalue weighted by Crippen LogP contribution is 2.25. The molecule has 2 unspecified atom stereocenters. The number of hydrogen-bond acceptors (Lipinski definition) is 8. The Balaban J connectivity index is 1.27. The number of anilines is 2. The van der Waals surface area contributed by atoms with Crippen LogP contribution in [-0.2, 0) is 19.1 Å². The molecule has 0 bridgehead atoms. The summed E-state index contributed by atoms with van der Waals surface area (Å²) in [6.07, 6.45) is 0.446. The van der Waals surface area contributed by atoms with Gasteiger partial charge in [-0.2, -0.15) is 10.5 Å². The van der Waals surface area contributed by atoms with Gasteiger partial charge in [-0.05, 0) is 61.1 Å². The minimum absolute atomic E-state index is 0.0309. The smallest absolute Gasteiger partial charge is 0.421 e. The molecule has 0 N–H and O–H groups in total. The number of carbonyl (C=O) groups excluding carboxylic acids is 4. The van der Waals surface area contributed by atoms with E-state index in [0.29, 0.717) is 48.2 Å². The summed E-state index contributed by atoms with van der Waals surface area (Å²) in [5.74, 6) is -3.82. The van der Waals surface area contributed by atoms with E-state index in [4.69, 9.17) is 9.47 Å². The lowest BCUT2D eigenvalue weighted by atomic mass is 9.99. The van der Waals surface area contributed by atoms with Gasteiger partial charge in [-0.1, -0.05) is 97.1 Å². The first-order valence-corrected chi connectivity index (χ1v) is 15.5. The number of imide groups is 2. The number of nitrogens with zero attached hydrogens (tertiary/aromatic N) is 4. The van der Waals surface area contributed by atoms with Gasteiger partial charge in [0.15, 0.2) is 11.8 Å². The quantitative estimate of drug-likeness (QED) is 0.137. The zero-order valence-corrected chi connectivity index (χ0v) is 26.2. The number of ether oxygens (including phenoxy) is 2. The minimum atomic E-state index is -1.20. The number of hydrogen-bond donors (Lipinski definition) is 0. The fraction of sp³-hybridized carbons (Fsp3) is 0.211. The van der Waals surface area contributed by atoms with Crippen molar-refractivity contribution in [3.63, 3.8) is 0 Å². The average molecular weight is 643 g/mol. The number of para-hydroxylation sites is 2. The molecule has 0 aliphatic carbocycles. The molecule has 4 aromatic carbocycles. The van der Waals surface area contributed by atoms with Crippen LogP contribution < -0.4 is 9.80 Å². The van der Waals surface area contributed by atoms with Gasteiger partial charge < -0.3 is 9.47 Å². The van der Waals surface area contributed by atoms with Crippen molar-refractivity contribution in [2.24, 2.45) is 0 Å². The molecule has 0 radical (unpaired) electrons. The largest absolute Gasteiger partial charge is 0.449 e. The topological polar surface area (TPSA) is 141 Å². The summed E-state index contributed by atoms with van der Waals surface area (Å²) in [6, 6.07) is 37.6. The van der Waals surface area contributed by atoms with E-state index in [-0.39, 0.29) is 13.2 Å². The van der Waals surface area contributed by atoms with E-state index in [1.165, 1.54) is 0 Å². The molecule has 4 rings (SSSR count). The predicted molar refractivity (Wildman–Crippen MR) is 179 cm³/mol. The van der Waals surface area contributed by atoms with Crippen LogP contribution in [-0.4, -0.2) is 37.2 Å². The fourth-order valence-electron chi connectivity index (χ4n) is 4.90. The molecular weight excluding hydrogens is 608 g/mol. The van der Waals surface area contributed by atoms with Crippen molar-refractivity contribution in [3.8, 4) is 12.1 Å². The first kappa shape index (κ1) is 34.6. The molecule has 10 heteroatoms. The first-order valence-electron chi connectivity index (χ1n) is 15.5. The van der Waals surface area contributed by atoms with Gasteiger partial charge in [0.05, 0.1) is 36.7 Å². The summed E-state index contributed by atoms with van der Waals surface area (Å²) >= 11 is 0. The lowest BCUT2D eigenvalue weighted by molar-refractivity contribution is -0.119. The molecule has 0 aliphatic heterocycles. The highest BCUT2D eigenvalue weighted by atomic mass is 16.6. The molecule has 0 saturated heterocycles. The maximum absolute atomic E-state index is 13.4. The summed E-state index contributed by atoms with van der Waals surface area (Å²) in [5.41, 5.74) is 1.52.